The minimum atomic E-state index is 0.611. The maximum Gasteiger partial charge on any atom is 0.130 e. The van der Waals surface area contributed by atoms with Crippen LogP contribution >= 0.6 is 15.9 Å². The molecule has 100 valence electrons. The molecule has 0 aromatic heterocycles. The summed E-state index contributed by atoms with van der Waals surface area (Å²) in [6.45, 7) is 4.75. The third kappa shape index (κ3) is 3.82. The summed E-state index contributed by atoms with van der Waals surface area (Å²) in [6, 6.07) is 12.2. The molecular weight excluding hydrogens is 302 g/mol. The van der Waals surface area contributed by atoms with E-state index in [1.54, 1.807) is 0 Å². The lowest BCUT2D eigenvalue weighted by atomic mass is 10.1. The molecule has 0 amide bonds. The van der Waals surface area contributed by atoms with E-state index in [9.17, 15) is 0 Å². The van der Waals surface area contributed by atoms with Gasteiger partial charge in [0.2, 0.25) is 0 Å². The zero-order valence-electron chi connectivity index (χ0n) is 11.2. The van der Waals surface area contributed by atoms with Crippen LogP contribution in [0, 0.1) is 13.8 Å². The van der Waals surface area contributed by atoms with E-state index in [-0.39, 0.29) is 0 Å². The van der Waals surface area contributed by atoms with Gasteiger partial charge in [-0.2, -0.15) is 0 Å². The second kappa shape index (κ2) is 6.22. The summed E-state index contributed by atoms with van der Waals surface area (Å²) in [5.41, 5.74) is 9.17. The molecule has 0 radical (unpaired) electrons. The maximum absolute atomic E-state index is 6.00. The lowest BCUT2D eigenvalue weighted by Crippen LogP contribution is -2.04. The highest BCUT2D eigenvalue weighted by atomic mass is 79.9. The summed E-state index contributed by atoms with van der Waals surface area (Å²) < 4.78 is 7.05. The summed E-state index contributed by atoms with van der Waals surface area (Å²) in [7, 11) is 0. The van der Waals surface area contributed by atoms with Gasteiger partial charge in [0.05, 0.1) is 0 Å². The number of halogens is 1. The van der Waals surface area contributed by atoms with Gasteiger partial charge in [-0.15, -0.1) is 0 Å². The normalized spacial score (nSPS) is 10.5. The first-order chi connectivity index (χ1) is 9.08. The molecule has 3 heteroatoms. The van der Waals surface area contributed by atoms with E-state index in [1.165, 1.54) is 11.1 Å². The van der Waals surface area contributed by atoms with Gasteiger partial charge in [-0.3, -0.25) is 0 Å². The average Bonchev–Trinajstić information content (AvgIpc) is 2.32. The van der Waals surface area contributed by atoms with Crippen LogP contribution in [0.25, 0.3) is 0 Å². The summed E-state index contributed by atoms with van der Waals surface area (Å²) in [6.07, 6.45) is 0.805. The van der Waals surface area contributed by atoms with Crippen molar-refractivity contribution in [2.75, 3.05) is 6.54 Å². The molecule has 2 N–H and O–H groups in total. The molecule has 2 rings (SSSR count). The smallest absolute Gasteiger partial charge is 0.130 e. The fourth-order valence-electron chi connectivity index (χ4n) is 2.12. The van der Waals surface area contributed by atoms with E-state index >= 15 is 0 Å². The van der Waals surface area contributed by atoms with Gasteiger partial charge in [-0.05, 0) is 73.8 Å². The molecule has 0 saturated carbocycles. The second-order valence-electron chi connectivity index (χ2n) is 4.72. The molecule has 0 bridgehead atoms. The molecular formula is C16H18BrNO. The van der Waals surface area contributed by atoms with E-state index in [0.717, 1.165) is 28.0 Å². The van der Waals surface area contributed by atoms with Crippen LogP contribution in [0.1, 0.15) is 16.7 Å². The van der Waals surface area contributed by atoms with Crippen LogP contribution < -0.4 is 10.5 Å². The van der Waals surface area contributed by atoms with E-state index in [1.807, 2.05) is 24.3 Å². The van der Waals surface area contributed by atoms with Gasteiger partial charge in [0.25, 0.3) is 0 Å². The van der Waals surface area contributed by atoms with Crippen LogP contribution in [0.2, 0.25) is 0 Å². The van der Waals surface area contributed by atoms with Crippen molar-refractivity contribution in [3.8, 4) is 11.5 Å². The van der Waals surface area contributed by atoms with Crippen molar-refractivity contribution in [2.45, 2.75) is 20.3 Å². The van der Waals surface area contributed by atoms with E-state index < -0.39 is 0 Å². The standard InChI is InChI=1S/C16H18BrNO/c1-11-7-12(2)9-15(8-11)19-16-4-3-14(17)10-13(16)5-6-18/h3-4,7-10H,5-6,18H2,1-2H3. The molecule has 0 spiro atoms. The van der Waals surface area contributed by atoms with E-state index in [2.05, 4.69) is 41.9 Å². The Labute approximate surface area is 122 Å². The van der Waals surface area contributed by atoms with Crippen LogP contribution in [0.15, 0.2) is 40.9 Å². The zero-order chi connectivity index (χ0) is 13.8. The number of hydrogen-bond acceptors (Lipinski definition) is 2. The first-order valence-electron chi connectivity index (χ1n) is 6.33. The van der Waals surface area contributed by atoms with Gasteiger partial charge in [0, 0.05) is 4.47 Å². The van der Waals surface area contributed by atoms with E-state index in [0.29, 0.717) is 6.54 Å². The zero-order valence-corrected chi connectivity index (χ0v) is 12.8. The number of benzene rings is 2. The Morgan fingerprint density at radius 2 is 1.74 bits per heavy atom. The summed E-state index contributed by atoms with van der Waals surface area (Å²) >= 11 is 3.48. The predicted octanol–water partition coefficient (Wildman–Crippen LogP) is 4.36. The molecule has 2 nitrogen and oxygen atoms in total. The van der Waals surface area contributed by atoms with Gasteiger partial charge in [-0.1, -0.05) is 22.0 Å². The Morgan fingerprint density at radius 3 is 2.37 bits per heavy atom. The second-order valence-corrected chi connectivity index (χ2v) is 5.63. The topological polar surface area (TPSA) is 35.2 Å². The molecule has 2 aromatic carbocycles. The van der Waals surface area contributed by atoms with Gasteiger partial charge >= 0.3 is 0 Å². The lowest BCUT2D eigenvalue weighted by molar-refractivity contribution is 0.475. The molecule has 0 fully saturated rings. The SMILES string of the molecule is Cc1cc(C)cc(Oc2ccc(Br)cc2CCN)c1. The highest BCUT2D eigenvalue weighted by Gasteiger charge is 2.06. The third-order valence-electron chi connectivity index (χ3n) is 2.86. The van der Waals surface area contributed by atoms with Crippen molar-refractivity contribution in [3.63, 3.8) is 0 Å². The molecule has 2 aromatic rings. The van der Waals surface area contributed by atoms with Crippen molar-refractivity contribution >= 4 is 15.9 Å². The summed E-state index contributed by atoms with van der Waals surface area (Å²) in [4.78, 5) is 0. The van der Waals surface area contributed by atoms with E-state index in [4.69, 9.17) is 10.5 Å². The predicted molar refractivity (Wildman–Crippen MR) is 82.9 cm³/mol. The minimum absolute atomic E-state index is 0.611. The van der Waals surface area contributed by atoms with Crippen LogP contribution in [-0.4, -0.2) is 6.54 Å². The molecule has 0 saturated heterocycles. The van der Waals surface area contributed by atoms with Crippen LogP contribution in [0.5, 0.6) is 11.5 Å². The molecule has 0 unspecified atom stereocenters. The van der Waals surface area contributed by atoms with Crippen molar-refractivity contribution < 1.29 is 4.74 Å². The highest BCUT2D eigenvalue weighted by Crippen LogP contribution is 2.29. The average molecular weight is 320 g/mol. The van der Waals surface area contributed by atoms with Crippen molar-refractivity contribution in [1.29, 1.82) is 0 Å². The number of aryl methyl sites for hydroxylation is 2. The Morgan fingerprint density at radius 1 is 1.05 bits per heavy atom. The molecule has 0 aliphatic carbocycles. The fourth-order valence-corrected chi connectivity index (χ4v) is 2.53. The Hall–Kier alpha value is -1.32. The molecule has 0 aliphatic rings. The Bertz CT molecular complexity index is 561. The van der Waals surface area contributed by atoms with Crippen LogP contribution in [0.3, 0.4) is 0 Å². The summed E-state index contributed by atoms with van der Waals surface area (Å²) in [5.74, 6) is 1.75. The number of rotatable bonds is 4. The number of hydrogen-bond donors (Lipinski definition) is 1. The number of nitrogens with two attached hydrogens (primary N) is 1. The molecule has 19 heavy (non-hydrogen) atoms. The van der Waals surface area contributed by atoms with Crippen molar-refractivity contribution in [1.82, 2.24) is 0 Å². The summed E-state index contributed by atoms with van der Waals surface area (Å²) in [5, 5.41) is 0. The largest absolute Gasteiger partial charge is 0.457 e. The third-order valence-corrected chi connectivity index (χ3v) is 3.35. The lowest BCUT2D eigenvalue weighted by Gasteiger charge is -2.12. The molecule has 0 heterocycles. The van der Waals surface area contributed by atoms with Gasteiger partial charge in [-0.25, -0.2) is 0 Å². The first-order valence-corrected chi connectivity index (χ1v) is 7.12. The van der Waals surface area contributed by atoms with Crippen LogP contribution in [0.4, 0.5) is 0 Å². The first kappa shape index (κ1) is 14.1. The molecule has 0 atom stereocenters. The van der Waals surface area contributed by atoms with Crippen LogP contribution in [-0.2, 0) is 6.42 Å². The molecule has 0 aliphatic heterocycles. The van der Waals surface area contributed by atoms with Gasteiger partial charge in [0.1, 0.15) is 11.5 Å². The quantitative estimate of drug-likeness (QED) is 0.908. The minimum Gasteiger partial charge on any atom is -0.457 e. The Balaban J connectivity index is 2.31. The fraction of sp³-hybridized carbons (Fsp3) is 0.250. The Kier molecular flexibility index (Phi) is 4.61. The maximum atomic E-state index is 6.00. The van der Waals surface area contributed by atoms with Crippen molar-refractivity contribution in [2.24, 2.45) is 5.73 Å². The number of ether oxygens (including phenoxy) is 1. The highest BCUT2D eigenvalue weighted by molar-refractivity contribution is 9.10. The van der Waals surface area contributed by atoms with Gasteiger partial charge in [0.15, 0.2) is 0 Å². The van der Waals surface area contributed by atoms with Crippen molar-refractivity contribution in [3.05, 3.63) is 57.6 Å². The van der Waals surface area contributed by atoms with Gasteiger partial charge < -0.3 is 10.5 Å². The monoisotopic (exact) mass is 319 g/mol.